The third-order valence-corrected chi connectivity index (χ3v) is 7.68. The Balaban J connectivity index is 1.51. The average Bonchev–Trinajstić information content (AvgIpc) is 3.40. The van der Waals surface area contributed by atoms with E-state index < -0.39 is 0 Å². The lowest BCUT2D eigenvalue weighted by atomic mass is 9.89. The summed E-state index contributed by atoms with van der Waals surface area (Å²) in [7, 11) is 0. The Kier molecular flexibility index (Phi) is 9.04. The zero-order valence-corrected chi connectivity index (χ0v) is 22.3. The first-order chi connectivity index (χ1) is 17.1. The smallest absolute Gasteiger partial charge is 0.0454 e. The van der Waals surface area contributed by atoms with E-state index in [1.165, 1.54) is 74.0 Å². The van der Waals surface area contributed by atoms with Gasteiger partial charge in [-0.25, -0.2) is 0 Å². The summed E-state index contributed by atoms with van der Waals surface area (Å²) in [5.74, 6) is 0. The predicted octanol–water partition coefficient (Wildman–Crippen LogP) is 7.94. The van der Waals surface area contributed by atoms with Gasteiger partial charge in [-0.05, 0) is 135 Å². The van der Waals surface area contributed by atoms with Crippen molar-refractivity contribution in [2.75, 3.05) is 18.0 Å². The number of nitrogens with zero attached hydrogens (tertiary/aromatic N) is 2. The number of likely N-dealkylation sites (tertiary alicyclic amines) is 1. The highest BCUT2D eigenvalue weighted by molar-refractivity contribution is 5.59. The number of fused-ring (bicyclic) bond motifs is 1. The van der Waals surface area contributed by atoms with Crippen molar-refractivity contribution < 1.29 is 0 Å². The molecule has 1 fully saturated rings. The normalized spacial score (nSPS) is 16.3. The first kappa shape index (κ1) is 25.5. The van der Waals surface area contributed by atoms with E-state index in [0.717, 1.165) is 31.4 Å². The van der Waals surface area contributed by atoms with Gasteiger partial charge in [-0.3, -0.25) is 4.90 Å². The predicted molar refractivity (Wildman–Crippen MR) is 152 cm³/mol. The molecule has 2 aromatic carbocycles. The van der Waals surface area contributed by atoms with Crippen LogP contribution in [-0.4, -0.2) is 18.0 Å². The zero-order chi connectivity index (χ0) is 24.6. The Labute approximate surface area is 214 Å². The molecule has 1 saturated heterocycles. The van der Waals surface area contributed by atoms with E-state index in [-0.39, 0.29) is 0 Å². The van der Waals surface area contributed by atoms with Crippen molar-refractivity contribution in [3.8, 4) is 0 Å². The lowest BCUT2D eigenvalue weighted by molar-refractivity contribution is 0.329. The Hall–Kier alpha value is -2.58. The molecule has 2 aromatic rings. The first-order valence-electron chi connectivity index (χ1n) is 13.9. The van der Waals surface area contributed by atoms with Crippen LogP contribution in [0.5, 0.6) is 0 Å². The van der Waals surface area contributed by atoms with Gasteiger partial charge in [0.1, 0.15) is 0 Å². The molecule has 0 amide bonds. The average molecular weight is 469 g/mol. The second kappa shape index (κ2) is 12.4. The third kappa shape index (κ3) is 6.55. The van der Waals surface area contributed by atoms with E-state index in [4.69, 9.17) is 0 Å². The van der Waals surface area contributed by atoms with Crippen molar-refractivity contribution in [2.45, 2.75) is 85.1 Å². The SMILES string of the molecule is C=C(/C=C\N(/C=C\C)c1cc(CC)c(CN2CCCC2)c(CC)c1)Cc1ccc2c(c1)CCCC2. The summed E-state index contributed by atoms with van der Waals surface area (Å²) in [6.45, 7) is 14.6. The summed E-state index contributed by atoms with van der Waals surface area (Å²) in [5.41, 5.74) is 11.4. The Bertz CT molecular complexity index is 1040. The molecule has 2 heteroatoms. The van der Waals surface area contributed by atoms with E-state index in [1.54, 1.807) is 16.7 Å². The molecule has 2 aliphatic rings. The molecular weight excluding hydrogens is 424 g/mol. The van der Waals surface area contributed by atoms with Crippen LogP contribution in [-0.2, 0) is 38.6 Å². The van der Waals surface area contributed by atoms with Crippen LogP contribution in [0.4, 0.5) is 5.69 Å². The van der Waals surface area contributed by atoms with E-state index >= 15 is 0 Å². The van der Waals surface area contributed by atoms with Crippen molar-refractivity contribution in [1.82, 2.24) is 4.90 Å². The summed E-state index contributed by atoms with van der Waals surface area (Å²) in [5, 5.41) is 0. The van der Waals surface area contributed by atoms with Crippen LogP contribution in [0, 0.1) is 0 Å². The summed E-state index contributed by atoms with van der Waals surface area (Å²) >= 11 is 0. The Morgan fingerprint density at radius 2 is 1.60 bits per heavy atom. The summed E-state index contributed by atoms with van der Waals surface area (Å²) in [6, 6.07) is 11.9. The summed E-state index contributed by atoms with van der Waals surface area (Å²) in [4.78, 5) is 4.89. The molecule has 0 spiro atoms. The van der Waals surface area contributed by atoms with Gasteiger partial charge < -0.3 is 4.90 Å². The van der Waals surface area contributed by atoms with Crippen molar-refractivity contribution in [3.63, 3.8) is 0 Å². The lowest BCUT2D eigenvalue weighted by Gasteiger charge is -2.24. The molecule has 35 heavy (non-hydrogen) atoms. The molecule has 0 atom stereocenters. The fourth-order valence-corrected chi connectivity index (χ4v) is 5.71. The molecule has 0 saturated carbocycles. The minimum atomic E-state index is 0.905. The number of aryl methyl sites for hydroxylation is 4. The maximum Gasteiger partial charge on any atom is 0.0454 e. The van der Waals surface area contributed by atoms with E-state index in [2.05, 4.69) is 92.0 Å². The van der Waals surface area contributed by atoms with Crippen LogP contribution >= 0.6 is 0 Å². The van der Waals surface area contributed by atoms with Gasteiger partial charge in [0.25, 0.3) is 0 Å². The molecule has 4 rings (SSSR count). The van der Waals surface area contributed by atoms with Crippen molar-refractivity contribution in [1.29, 1.82) is 0 Å². The number of allylic oxidation sites excluding steroid dienone is 3. The van der Waals surface area contributed by atoms with Gasteiger partial charge in [0.2, 0.25) is 0 Å². The fourth-order valence-electron chi connectivity index (χ4n) is 5.71. The number of benzene rings is 2. The standard InChI is InChI=1S/C33H44N2/c1-5-17-35(20-16-26(4)21-27-14-15-30-12-8-9-13-31(30)22-27)32-23-28(6-2)33(29(7-3)24-32)25-34-18-10-11-19-34/h5,14-17,20,22-24H,4,6-13,18-19,21,25H2,1-3H3/b17-5-,20-16-. The van der Waals surface area contributed by atoms with Crippen LogP contribution in [0.25, 0.3) is 0 Å². The van der Waals surface area contributed by atoms with E-state index in [1.807, 2.05) is 0 Å². The minimum Gasteiger partial charge on any atom is -0.324 e. The van der Waals surface area contributed by atoms with Crippen LogP contribution in [0.15, 0.2) is 67.0 Å². The molecule has 0 aromatic heterocycles. The highest BCUT2D eigenvalue weighted by Crippen LogP contribution is 2.29. The number of anilines is 1. The first-order valence-corrected chi connectivity index (χ1v) is 13.9. The molecule has 0 radical (unpaired) electrons. The molecule has 1 heterocycles. The Morgan fingerprint density at radius 1 is 0.914 bits per heavy atom. The molecule has 186 valence electrons. The monoisotopic (exact) mass is 468 g/mol. The molecule has 1 aliphatic carbocycles. The molecule has 0 unspecified atom stereocenters. The van der Waals surface area contributed by atoms with Crippen LogP contribution in [0.2, 0.25) is 0 Å². The van der Waals surface area contributed by atoms with Crippen LogP contribution < -0.4 is 4.90 Å². The van der Waals surface area contributed by atoms with Gasteiger partial charge in [0.15, 0.2) is 0 Å². The molecule has 2 nitrogen and oxygen atoms in total. The second-order valence-corrected chi connectivity index (χ2v) is 10.3. The molecule has 0 bridgehead atoms. The van der Waals surface area contributed by atoms with Gasteiger partial charge in [0.05, 0.1) is 0 Å². The largest absolute Gasteiger partial charge is 0.324 e. The maximum absolute atomic E-state index is 4.38. The van der Waals surface area contributed by atoms with Gasteiger partial charge in [-0.15, -0.1) is 0 Å². The summed E-state index contributed by atoms with van der Waals surface area (Å²) in [6.07, 6.45) is 19.5. The highest BCUT2D eigenvalue weighted by Gasteiger charge is 2.17. The quantitative estimate of drug-likeness (QED) is 0.327. The van der Waals surface area contributed by atoms with E-state index in [9.17, 15) is 0 Å². The van der Waals surface area contributed by atoms with Gasteiger partial charge in [-0.1, -0.05) is 44.7 Å². The van der Waals surface area contributed by atoms with E-state index in [0.29, 0.717) is 0 Å². The third-order valence-electron chi connectivity index (χ3n) is 7.68. The topological polar surface area (TPSA) is 6.48 Å². The molecular formula is C33H44N2. The fraction of sp³-hybridized carbons (Fsp3) is 0.455. The van der Waals surface area contributed by atoms with Gasteiger partial charge in [-0.2, -0.15) is 0 Å². The Morgan fingerprint density at radius 3 is 2.26 bits per heavy atom. The van der Waals surface area contributed by atoms with Gasteiger partial charge >= 0.3 is 0 Å². The van der Waals surface area contributed by atoms with Crippen LogP contribution in [0.3, 0.4) is 0 Å². The number of rotatable bonds is 10. The lowest BCUT2D eigenvalue weighted by Crippen LogP contribution is -2.21. The van der Waals surface area contributed by atoms with Gasteiger partial charge in [0, 0.05) is 24.6 Å². The number of hydrogen-bond acceptors (Lipinski definition) is 2. The highest BCUT2D eigenvalue weighted by atomic mass is 15.1. The second-order valence-electron chi connectivity index (χ2n) is 10.3. The zero-order valence-electron chi connectivity index (χ0n) is 22.3. The maximum atomic E-state index is 4.38. The summed E-state index contributed by atoms with van der Waals surface area (Å²) < 4.78 is 0. The van der Waals surface area contributed by atoms with Crippen molar-refractivity contribution in [3.05, 3.63) is 100 Å². The van der Waals surface area contributed by atoms with Crippen molar-refractivity contribution in [2.24, 2.45) is 0 Å². The molecule has 0 N–H and O–H groups in total. The molecule has 1 aliphatic heterocycles. The van der Waals surface area contributed by atoms with Crippen molar-refractivity contribution >= 4 is 5.69 Å². The minimum absolute atomic E-state index is 0.905. The van der Waals surface area contributed by atoms with Crippen LogP contribution in [0.1, 0.15) is 79.8 Å². The number of hydrogen-bond donors (Lipinski definition) is 0.